The number of phenols is 1. The Morgan fingerprint density at radius 1 is 1.12 bits per heavy atom. The van der Waals surface area contributed by atoms with E-state index in [2.05, 4.69) is 31.3 Å². The maximum atomic E-state index is 10.0. The van der Waals surface area contributed by atoms with Crippen LogP contribution >= 0.6 is 0 Å². The SMILES string of the molecule is CNC(C)(C)Cc1c(O)ccc2ccccc12. The van der Waals surface area contributed by atoms with E-state index < -0.39 is 0 Å². The molecule has 0 amide bonds. The van der Waals surface area contributed by atoms with Gasteiger partial charge in [0.1, 0.15) is 5.75 Å². The minimum absolute atomic E-state index is 0.0262. The number of nitrogens with one attached hydrogen (secondary N) is 1. The van der Waals surface area contributed by atoms with Crippen LogP contribution < -0.4 is 5.32 Å². The zero-order valence-electron chi connectivity index (χ0n) is 10.6. The Bertz CT molecular complexity index is 531. The maximum Gasteiger partial charge on any atom is 0.119 e. The fourth-order valence-electron chi connectivity index (χ4n) is 2.04. The maximum absolute atomic E-state index is 10.0. The van der Waals surface area contributed by atoms with Crippen LogP contribution in [-0.2, 0) is 6.42 Å². The van der Waals surface area contributed by atoms with Crippen molar-refractivity contribution < 1.29 is 5.11 Å². The molecule has 0 unspecified atom stereocenters. The van der Waals surface area contributed by atoms with Crippen molar-refractivity contribution >= 4 is 10.8 Å². The first-order chi connectivity index (χ1) is 8.03. The Hall–Kier alpha value is -1.54. The van der Waals surface area contributed by atoms with Crippen LogP contribution in [0.3, 0.4) is 0 Å². The summed E-state index contributed by atoms with van der Waals surface area (Å²) in [5, 5.41) is 15.6. The van der Waals surface area contributed by atoms with E-state index in [-0.39, 0.29) is 5.54 Å². The van der Waals surface area contributed by atoms with Crippen LogP contribution in [0.25, 0.3) is 10.8 Å². The molecule has 2 aromatic rings. The molecule has 0 aromatic heterocycles. The average molecular weight is 229 g/mol. The van der Waals surface area contributed by atoms with E-state index in [1.165, 1.54) is 5.39 Å². The lowest BCUT2D eigenvalue weighted by molar-refractivity contribution is 0.407. The quantitative estimate of drug-likeness (QED) is 0.847. The number of hydrogen-bond acceptors (Lipinski definition) is 2. The third-order valence-corrected chi connectivity index (χ3v) is 3.31. The van der Waals surface area contributed by atoms with Crippen molar-refractivity contribution in [2.24, 2.45) is 0 Å². The molecule has 0 spiro atoms. The summed E-state index contributed by atoms with van der Waals surface area (Å²) >= 11 is 0. The van der Waals surface area contributed by atoms with Gasteiger partial charge in [-0.15, -0.1) is 0 Å². The van der Waals surface area contributed by atoms with Crippen LogP contribution in [-0.4, -0.2) is 17.7 Å². The lowest BCUT2D eigenvalue weighted by atomic mass is 9.91. The van der Waals surface area contributed by atoms with Crippen LogP contribution in [0.1, 0.15) is 19.4 Å². The number of hydrogen-bond donors (Lipinski definition) is 2. The summed E-state index contributed by atoms with van der Waals surface area (Å²) in [4.78, 5) is 0. The van der Waals surface area contributed by atoms with Crippen LogP contribution in [0.15, 0.2) is 36.4 Å². The van der Waals surface area contributed by atoms with Gasteiger partial charge in [0, 0.05) is 11.1 Å². The van der Waals surface area contributed by atoms with Crippen LogP contribution in [0.2, 0.25) is 0 Å². The fraction of sp³-hybridized carbons (Fsp3) is 0.333. The van der Waals surface area contributed by atoms with E-state index >= 15 is 0 Å². The van der Waals surface area contributed by atoms with Gasteiger partial charge < -0.3 is 10.4 Å². The number of rotatable bonds is 3. The normalized spacial score (nSPS) is 11.9. The third-order valence-electron chi connectivity index (χ3n) is 3.31. The van der Waals surface area contributed by atoms with E-state index in [9.17, 15) is 5.11 Å². The second kappa shape index (κ2) is 4.38. The lowest BCUT2D eigenvalue weighted by Crippen LogP contribution is -2.38. The third kappa shape index (κ3) is 2.42. The Morgan fingerprint density at radius 3 is 2.53 bits per heavy atom. The van der Waals surface area contributed by atoms with Crippen molar-refractivity contribution in [2.45, 2.75) is 25.8 Å². The molecule has 0 heterocycles. The van der Waals surface area contributed by atoms with E-state index in [0.717, 1.165) is 17.4 Å². The number of benzene rings is 2. The zero-order valence-corrected chi connectivity index (χ0v) is 10.6. The molecule has 0 saturated carbocycles. The van der Waals surface area contributed by atoms with E-state index in [0.29, 0.717) is 5.75 Å². The molecule has 17 heavy (non-hydrogen) atoms. The first-order valence-corrected chi connectivity index (χ1v) is 5.92. The summed E-state index contributed by atoms with van der Waals surface area (Å²) in [6.45, 7) is 4.27. The van der Waals surface area contributed by atoms with Crippen molar-refractivity contribution in [1.82, 2.24) is 5.32 Å². The van der Waals surface area contributed by atoms with E-state index in [1.54, 1.807) is 6.07 Å². The lowest BCUT2D eigenvalue weighted by Gasteiger charge is -2.25. The summed E-state index contributed by atoms with van der Waals surface area (Å²) in [5.41, 5.74) is 0.990. The van der Waals surface area contributed by atoms with Crippen molar-refractivity contribution in [3.63, 3.8) is 0 Å². The van der Waals surface area contributed by atoms with Crippen molar-refractivity contribution in [3.8, 4) is 5.75 Å². The molecule has 2 nitrogen and oxygen atoms in total. The molecule has 0 aliphatic rings. The minimum Gasteiger partial charge on any atom is -0.508 e. The van der Waals surface area contributed by atoms with E-state index in [1.807, 2.05) is 25.2 Å². The number of fused-ring (bicyclic) bond motifs is 1. The predicted octanol–water partition coefficient (Wildman–Crippen LogP) is 3.09. The van der Waals surface area contributed by atoms with Gasteiger partial charge >= 0.3 is 0 Å². The van der Waals surface area contributed by atoms with Gasteiger partial charge in [-0.1, -0.05) is 30.3 Å². The van der Waals surface area contributed by atoms with Crippen LogP contribution in [0.5, 0.6) is 5.75 Å². The van der Waals surface area contributed by atoms with Crippen molar-refractivity contribution in [1.29, 1.82) is 0 Å². The largest absolute Gasteiger partial charge is 0.508 e. The summed E-state index contributed by atoms with van der Waals surface area (Å²) in [7, 11) is 1.95. The molecule has 2 rings (SSSR count). The van der Waals surface area contributed by atoms with Crippen LogP contribution in [0.4, 0.5) is 0 Å². The second-order valence-electron chi connectivity index (χ2n) is 5.10. The Kier molecular flexibility index (Phi) is 3.07. The Labute approximate surface area is 102 Å². The smallest absolute Gasteiger partial charge is 0.119 e. The van der Waals surface area contributed by atoms with Crippen LogP contribution in [0, 0.1) is 0 Å². The topological polar surface area (TPSA) is 32.3 Å². The summed E-state index contributed by atoms with van der Waals surface area (Å²) in [5.74, 6) is 0.382. The van der Waals surface area contributed by atoms with Crippen molar-refractivity contribution in [2.75, 3.05) is 7.05 Å². The standard InChI is InChI=1S/C15H19NO/c1-15(2,16-3)10-13-12-7-5-4-6-11(12)8-9-14(13)17/h4-9,16-17H,10H2,1-3H3. The number of phenolic OH excluding ortho intramolecular Hbond substituents is 1. The highest BCUT2D eigenvalue weighted by molar-refractivity contribution is 5.87. The molecule has 90 valence electrons. The molecule has 0 fully saturated rings. The monoisotopic (exact) mass is 229 g/mol. The molecule has 2 heteroatoms. The zero-order chi connectivity index (χ0) is 12.5. The molecule has 0 aliphatic heterocycles. The Balaban J connectivity index is 2.55. The first kappa shape index (κ1) is 11.9. The minimum atomic E-state index is -0.0262. The molecular formula is C15H19NO. The van der Waals surface area contributed by atoms with Gasteiger partial charge in [-0.2, -0.15) is 0 Å². The molecule has 0 atom stereocenters. The fourth-order valence-corrected chi connectivity index (χ4v) is 2.04. The summed E-state index contributed by atoms with van der Waals surface area (Å²) < 4.78 is 0. The molecule has 0 bridgehead atoms. The molecule has 2 N–H and O–H groups in total. The van der Waals surface area contributed by atoms with E-state index in [4.69, 9.17) is 0 Å². The van der Waals surface area contributed by atoms with Gasteiger partial charge in [0.05, 0.1) is 0 Å². The first-order valence-electron chi connectivity index (χ1n) is 5.92. The second-order valence-corrected chi connectivity index (χ2v) is 5.10. The van der Waals surface area contributed by atoms with Gasteiger partial charge in [-0.05, 0) is 44.2 Å². The molecule has 2 aromatic carbocycles. The highest BCUT2D eigenvalue weighted by atomic mass is 16.3. The van der Waals surface area contributed by atoms with Gasteiger partial charge in [0.2, 0.25) is 0 Å². The van der Waals surface area contributed by atoms with Gasteiger partial charge in [0.15, 0.2) is 0 Å². The van der Waals surface area contributed by atoms with Gasteiger partial charge in [-0.3, -0.25) is 0 Å². The highest BCUT2D eigenvalue weighted by Gasteiger charge is 2.19. The average Bonchev–Trinajstić information content (AvgIpc) is 2.33. The predicted molar refractivity (Wildman–Crippen MR) is 72.5 cm³/mol. The molecule has 0 saturated heterocycles. The molecule has 0 aliphatic carbocycles. The number of likely N-dealkylation sites (N-methyl/N-ethyl adjacent to an activating group) is 1. The van der Waals surface area contributed by atoms with Gasteiger partial charge in [-0.25, -0.2) is 0 Å². The summed E-state index contributed by atoms with van der Waals surface area (Å²) in [6.07, 6.45) is 0.802. The molecule has 0 radical (unpaired) electrons. The summed E-state index contributed by atoms with van der Waals surface area (Å²) in [6, 6.07) is 11.9. The highest BCUT2D eigenvalue weighted by Crippen LogP contribution is 2.30. The molecular weight excluding hydrogens is 210 g/mol. The Morgan fingerprint density at radius 2 is 1.82 bits per heavy atom. The van der Waals surface area contributed by atoms with Gasteiger partial charge in [0.25, 0.3) is 0 Å². The van der Waals surface area contributed by atoms with Crippen molar-refractivity contribution in [3.05, 3.63) is 42.0 Å². The number of aromatic hydroxyl groups is 1.